The molecule has 0 unspecified atom stereocenters. The molecular formula is C12H8ClN3O2S. The normalized spacial score (nSPS) is 10.7. The number of halogens is 1. The van der Waals surface area contributed by atoms with Crippen LogP contribution >= 0.6 is 11.6 Å². The number of nitriles is 1. The smallest absolute Gasteiger partial charge is 0.263 e. The quantitative estimate of drug-likeness (QED) is 0.881. The molecule has 0 radical (unpaired) electrons. The van der Waals surface area contributed by atoms with Crippen molar-refractivity contribution in [1.29, 1.82) is 5.26 Å². The Morgan fingerprint density at radius 2 is 1.84 bits per heavy atom. The van der Waals surface area contributed by atoms with Crippen molar-refractivity contribution in [2.75, 3.05) is 4.72 Å². The average Bonchev–Trinajstić information content (AvgIpc) is 2.38. The second-order valence-electron chi connectivity index (χ2n) is 3.59. The number of nitrogens with zero attached hydrogens (tertiary/aromatic N) is 2. The van der Waals surface area contributed by atoms with Crippen LogP contribution in [0, 0.1) is 11.3 Å². The first kappa shape index (κ1) is 13.3. The Labute approximate surface area is 115 Å². The number of anilines is 1. The molecular weight excluding hydrogens is 286 g/mol. The third kappa shape index (κ3) is 3.22. The van der Waals surface area contributed by atoms with Crippen LogP contribution in [0.1, 0.15) is 5.56 Å². The number of benzene rings is 1. The molecule has 0 atom stereocenters. The Bertz CT molecular complexity index is 736. The molecule has 5 nitrogen and oxygen atoms in total. The minimum absolute atomic E-state index is 0.0493. The zero-order valence-electron chi connectivity index (χ0n) is 9.54. The molecule has 0 fully saturated rings. The standard InChI is InChI=1S/C12H8ClN3O2S/c13-11-2-1-3-12(15-11)16-19(17,18)10-6-4-9(8-14)5-7-10/h1-7H,(H,15,16). The van der Waals surface area contributed by atoms with E-state index in [-0.39, 0.29) is 15.9 Å². The summed E-state index contributed by atoms with van der Waals surface area (Å²) in [5, 5.41) is 8.85. The lowest BCUT2D eigenvalue weighted by Gasteiger charge is -2.07. The highest BCUT2D eigenvalue weighted by Crippen LogP contribution is 2.16. The molecule has 0 amide bonds. The van der Waals surface area contributed by atoms with Crippen molar-refractivity contribution in [3.8, 4) is 6.07 Å². The van der Waals surface area contributed by atoms with Crippen LogP contribution < -0.4 is 4.72 Å². The van der Waals surface area contributed by atoms with Crippen molar-refractivity contribution in [1.82, 2.24) is 4.98 Å². The summed E-state index contributed by atoms with van der Waals surface area (Å²) in [6.07, 6.45) is 0. The molecule has 2 aromatic rings. The highest BCUT2D eigenvalue weighted by Gasteiger charge is 2.14. The maximum atomic E-state index is 12.0. The van der Waals surface area contributed by atoms with Gasteiger partial charge in [-0.1, -0.05) is 17.7 Å². The summed E-state index contributed by atoms with van der Waals surface area (Å²) >= 11 is 5.68. The minimum atomic E-state index is -3.74. The fourth-order valence-electron chi connectivity index (χ4n) is 1.37. The van der Waals surface area contributed by atoms with E-state index in [1.165, 1.54) is 30.3 Å². The molecule has 0 saturated heterocycles. The topological polar surface area (TPSA) is 82.8 Å². The second-order valence-corrected chi connectivity index (χ2v) is 5.66. The Morgan fingerprint density at radius 1 is 1.16 bits per heavy atom. The number of aromatic nitrogens is 1. The average molecular weight is 294 g/mol. The Morgan fingerprint density at radius 3 is 2.42 bits per heavy atom. The van der Waals surface area contributed by atoms with Gasteiger partial charge in [0, 0.05) is 0 Å². The van der Waals surface area contributed by atoms with E-state index in [4.69, 9.17) is 16.9 Å². The highest BCUT2D eigenvalue weighted by atomic mass is 35.5. The van der Waals surface area contributed by atoms with Gasteiger partial charge in [-0.05, 0) is 36.4 Å². The second kappa shape index (κ2) is 5.26. The van der Waals surface area contributed by atoms with E-state index in [0.29, 0.717) is 5.56 Å². The monoisotopic (exact) mass is 293 g/mol. The van der Waals surface area contributed by atoms with Gasteiger partial charge in [0.15, 0.2) is 0 Å². The fourth-order valence-corrected chi connectivity index (χ4v) is 2.54. The molecule has 0 spiro atoms. The lowest BCUT2D eigenvalue weighted by Crippen LogP contribution is -2.13. The largest absolute Gasteiger partial charge is 0.263 e. The molecule has 96 valence electrons. The molecule has 2 rings (SSSR count). The molecule has 1 N–H and O–H groups in total. The van der Waals surface area contributed by atoms with Crippen LogP contribution in [-0.4, -0.2) is 13.4 Å². The summed E-state index contributed by atoms with van der Waals surface area (Å²) < 4.78 is 26.4. The van der Waals surface area contributed by atoms with Crippen molar-refractivity contribution in [2.45, 2.75) is 4.90 Å². The third-order valence-corrected chi connectivity index (χ3v) is 3.83. The minimum Gasteiger partial charge on any atom is -0.263 e. The summed E-state index contributed by atoms with van der Waals surface area (Å²) in [6.45, 7) is 0. The molecule has 0 aliphatic heterocycles. The van der Waals surface area contributed by atoms with Crippen molar-refractivity contribution in [2.24, 2.45) is 0 Å². The van der Waals surface area contributed by atoms with E-state index in [2.05, 4.69) is 9.71 Å². The number of pyridine rings is 1. The first-order chi connectivity index (χ1) is 9.01. The first-order valence-electron chi connectivity index (χ1n) is 5.17. The van der Waals surface area contributed by atoms with E-state index in [1.807, 2.05) is 6.07 Å². The lowest BCUT2D eigenvalue weighted by atomic mass is 10.2. The van der Waals surface area contributed by atoms with Gasteiger partial charge < -0.3 is 0 Å². The molecule has 1 aromatic heterocycles. The zero-order chi connectivity index (χ0) is 13.9. The number of hydrogen-bond donors (Lipinski definition) is 1. The third-order valence-electron chi connectivity index (χ3n) is 2.25. The summed E-state index contributed by atoms with van der Waals surface area (Å²) in [7, 11) is -3.74. The van der Waals surface area contributed by atoms with Gasteiger partial charge in [0.05, 0.1) is 16.5 Å². The van der Waals surface area contributed by atoms with Gasteiger partial charge in [0.2, 0.25) is 0 Å². The SMILES string of the molecule is N#Cc1ccc(S(=O)(=O)Nc2cccc(Cl)n2)cc1. The van der Waals surface area contributed by atoms with Crippen molar-refractivity contribution in [3.63, 3.8) is 0 Å². The van der Waals surface area contributed by atoms with Crippen LogP contribution in [0.3, 0.4) is 0 Å². The maximum Gasteiger partial charge on any atom is 0.263 e. The molecule has 19 heavy (non-hydrogen) atoms. The van der Waals surface area contributed by atoms with Crippen molar-refractivity contribution < 1.29 is 8.42 Å². The van der Waals surface area contributed by atoms with Crippen LogP contribution in [0.15, 0.2) is 47.4 Å². The molecule has 0 saturated carbocycles. The maximum absolute atomic E-state index is 12.0. The van der Waals surface area contributed by atoms with Crippen LogP contribution in [0.25, 0.3) is 0 Å². The predicted octanol–water partition coefficient (Wildman–Crippen LogP) is 2.41. The number of nitrogens with one attached hydrogen (secondary N) is 1. The molecule has 0 bridgehead atoms. The molecule has 7 heteroatoms. The van der Waals surface area contributed by atoms with Crippen LogP contribution in [0.2, 0.25) is 5.15 Å². The molecule has 0 aliphatic rings. The van der Waals surface area contributed by atoms with Gasteiger partial charge in [-0.15, -0.1) is 0 Å². The summed E-state index contributed by atoms with van der Waals surface area (Å²) in [5.74, 6) is 0.136. The Kier molecular flexibility index (Phi) is 3.69. The van der Waals surface area contributed by atoms with Crippen molar-refractivity contribution >= 4 is 27.4 Å². The van der Waals surface area contributed by atoms with E-state index in [1.54, 1.807) is 12.1 Å². The number of rotatable bonds is 3. The van der Waals surface area contributed by atoms with Crippen LogP contribution in [-0.2, 0) is 10.0 Å². The first-order valence-corrected chi connectivity index (χ1v) is 7.03. The van der Waals surface area contributed by atoms with Gasteiger partial charge in [0.1, 0.15) is 11.0 Å². The highest BCUT2D eigenvalue weighted by molar-refractivity contribution is 7.92. The van der Waals surface area contributed by atoms with Gasteiger partial charge in [-0.3, -0.25) is 4.72 Å². The zero-order valence-corrected chi connectivity index (χ0v) is 11.1. The summed E-state index contributed by atoms with van der Waals surface area (Å²) in [6, 6.07) is 12.1. The lowest BCUT2D eigenvalue weighted by molar-refractivity contribution is 0.601. The van der Waals surface area contributed by atoms with E-state index in [9.17, 15) is 8.42 Å². The fraction of sp³-hybridized carbons (Fsp3) is 0. The van der Waals surface area contributed by atoms with E-state index >= 15 is 0 Å². The van der Waals surface area contributed by atoms with E-state index in [0.717, 1.165) is 0 Å². The Hall–Kier alpha value is -2.10. The number of hydrogen-bond acceptors (Lipinski definition) is 4. The molecule has 1 heterocycles. The van der Waals surface area contributed by atoms with Gasteiger partial charge in [0.25, 0.3) is 10.0 Å². The molecule has 0 aliphatic carbocycles. The predicted molar refractivity (Wildman–Crippen MR) is 71.2 cm³/mol. The van der Waals surface area contributed by atoms with Gasteiger partial charge in [-0.25, -0.2) is 13.4 Å². The summed E-state index contributed by atoms with van der Waals surface area (Å²) in [5.41, 5.74) is 0.389. The van der Waals surface area contributed by atoms with Gasteiger partial charge in [-0.2, -0.15) is 5.26 Å². The van der Waals surface area contributed by atoms with Gasteiger partial charge >= 0.3 is 0 Å². The van der Waals surface area contributed by atoms with Crippen LogP contribution in [0.5, 0.6) is 0 Å². The van der Waals surface area contributed by atoms with Crippen molar-refractivity contribution in [3.05, 3.63) is 53.2 Å². The Balaban J connectivity index is 2.30. The molecule has 1 aromatic carbocycles. The number of sulfonamides is 1. The summed E-state index contributed by atoms with van der Waals surface area (Å²) in [4.78, 5) is 3.89. The van der Waals surface area contributed by atoms with Crippen LogP contribution in [0.4, 0.5) is 5.82 Å². The van der Waals surface area contributed by atoms with E-state index < -0.39 is 10.0 Å².